The fraction of sp³-hybridized carbons (Fsp3) is 0.444. The first kappa shape index (κ1) is 11.9. The molecule has 0 unspecified atom stereocenters. The zero-order valence-electron chi connectivity index (χ0n) is 8.62. The summed E-state index contributed by atoms with van der Waals surface area (Å²) in [5.74, 6) is 0.182. The van der Waals surface area contributed by atoms with Crippen LogP contribution < -0.4 is 11.1 Å². The lowest BCUT2D eigenvalue weighted by Crippen LogP contribution is -2.37. The van der Waals surface area contributed by atoms with E-state index >= 15 is 0 Å². The van der Waals surface area contributed by atoms with E-state index in [4.69, 9.17) is 17.3 Å². The largest absolute Gasteiger partial charge is 0.329 e. The lowest BCUT2D eigenvalue weighted by Gasteiger charge is -2.20. The molecule has 0 fully saturated rings. The van der Waals surface area contributed by atoms with Crippen molar-refractivity contribution in [1.29, 1.82) is 0 Å². The van der Waals surface area contributed by atoms with Crippen molar-refractivity contribution in [3.63, 3.8) is 0 Å². The van der Waals surface area contributed by atoms with Gasteiger partial charge in [0.15, 0.2) is 0 Å². The Hall–Kier alpha value is -1.20. The van der Waals surface area contributed by atoms with Gasteiger partial charge in [0.05, 0.1) is 5.41 Å². The average Bonchev–Trinajstić information content (AvgIpc) is 2.17. The maximum atomic E-state index is 11.7. The maximum Gasteiger partial charge on any atom is 0.232 e. The van der Waals surface area contributed by atoms with Gasteiger partial charge in [-0.15, -0.1) is 0 Å². The summed E-state index contributed by atoms with van der Waals surface area (Å²) in [5.41, 5.74) is 4.84. The fourth-order valence-corrected chi connectivity index (χ4v) is 0.930. The van der Waals surface area contributed by atoms with Crippen molar-refractivity contribution in [2.45, 2.75) is 13.8 Å². The van der Waals surface area contributed by atoms with E-state index in [9.17, 15) is 4.79 Å². The van der Waals surface area contributed by atoms with Crippen LogP contribution in [0.3, 0.4) is 0 Å². The van der Waals surface area contributed by atoms with Crippen LogP contribution in [0.15, 0.2) is 12.3 Å². The number of hydrogen-bond acceptors (Lipinski definition) is 4. The van der Waals surface area contributed by atoms with Crippen molar-refractivity contribution in [3.8, 4) is 0 Å². The summed E-state index contributed by atoms with van der Waals surface area (Å²) in [4.78, 5) is 19.2. The maximum absolute atomic E-state index is 11.7. The monoisotopic (exact) mass is 228 g/mol. The van der Waals surface area contributed by atoms with Crippen molar-refractivity contribution in [2.75, 3.05) is 11.9 Å². The lowest BCUT2D eigenvalue weighted by molar-refractivity contribution is -0.123. The molecule has 0 radical (unpaired) electrons. The molecule has 0 saturated carbocycles. The molecule has 1 aromatic heterocycles. The van der Waals surface area contributed by atoms with Gasteiger partial charge < -0.3 is 11.1 Å². The zero-order chi connectivity index (χ0) is 11.5. The first-order chi connectivity index (χ1) is 6.95. The quantitative estimate of drug-likeness (QED) is 0.758. The van der Waals surface area contributed by atoms with Gasteiger partial charge in [-0.25, -0.2) is 9.97 Å². The molecule has 0 bridgehead atoms. The minimum atomic E-state index is -0.628. The van der Waals surface area contributed by atoms with E-state index in [-0.39, 0.29) is 17.7 Å². The minimum absolute atomic E-state index is 0.0957. The second-order valence-electron chi connectivity index (χ2n) is 3.75. The Bertz CT molecular complexity index is 367. The summed E-state index contributed by atoms with van der Waals surface area (Å²) < 4.78 is 0. The fourth-order valence-electron chi connectivity index (χ4n) is 0.783. The first-order valence-corrected chi connectivity index (χ1v) is 4.83. The molecule has 0 aliphatic heterocycles. The van der Waals surface area contributed by atoms with Crippen molar-refractivity contribution in [1.82, 2.24) is 9.97 Å². The number of hydrogen-bond donors (Lipinski definition) is 2. The molecule has 1 rings (SSSR count). The zero-order valence-corrected chi connectivity index (χ0v) is 9.38. The van der Waals surface area contributed by atoms with Gasteiger partial charge in [-0.2, -0.15) is 0 Å². The highest BCUT2D eigenvalue weighted by molar-refractivity contribution is 6.28. The Morgan fingerprint density at radius 1 is 1.67 bits per heavy atom. The highest BCUT2D eigenvalue weighted by atomic mass is 35.5. The summed E-state index contributed by atoms with van der Waals surface area (Å²) in [6.45, 7) is 3.77. The molecule has 6 heteroatoms. The Balaban J connectivity index is 2.75. The Labute approximate surface area is 93.0 Å². The lowest BCUT2D eigenvalue weighted by atomic mass is 9.93. The molecule has 0 spiro atoms. The predicted molar refractivity (Wildman–Crippen MR) is 58.5 cm³/mol. The molecule has 0 saturated heterocycles. The predicted octanol–water partition coefficient (Wildman–Crippen LogP) is 1.05. The van der Waals surface area contributed by atoms with E-state index in [1.807, 2.05) is 0 Å². The van der Waals surface area contributed by atoms with E-state index in [0.29, 0.717) is 5.82 Å². The third kappa shape index (κ3) is 3.14. The van der Waals surface area contributed by atoms with Gasteiger partial charge in [0.2, 0.25) is 11.2 Å². The van der Waals surface area contributed by atoms with Gasteiger partial charge in [-0.05, 0) is 31.5 Å². The molecule has 1 aromatic rings. The summed E-state index contributed by atoms with van der Waals surface area (Å²) in [7, 11) is 0. The minimum Gasteiger partial charge on any atom is -0.329 e. The van der Waals surface area contributed by atoms with Crippen LogP contribution in [0.25, 0.3) is 0 Å². The number of anilines is 1. The van der Waals surface area contributed by atoms with E-state index in [1.54, 1.807) is 19.9 Å². The standard InChI is InChI=1S/C9H13ClN4O/c1-9(2,5-11)7(15)13-6-3-4-12-8(10)14-6/h3-4H,5,11H2,1-2H3,(H,12,13,14,15). The van der Waals surface area contributed by atoms with Gasteiger partial charge >= 0.3 is 0 Å². The molecule has 0 aliphatic rings. The molecular formula is C9H13ClN4O. The van der Waals surface area contributed by atoms with Crippen LogP contribution in [0.1, 0.15) is 13.8 Å². The van der Waals surface area contributed by atoms with Crippen LogP contribution in [0.5, 0.6) is 0 Å². The Kier molecular flexibility index (Phi) is 3.60. The summed E-state index contributed by atoms with van der Waals surface area (Å²) in [6, 6.07) is 1.57. The molecule has 0 aliphatic carbocycles. The van der Waals surface area contributed by atoms with E-state index in [2.05, 4.69) is 15.3 Å². The Morgan fingerprint density at radius 2 is 2.33 bits per heavy atom. The third-order valence-electron chi connectivity index (χ3n) is 1.99. The first-order valence-electron chi connectivity index (χ1n) is 4.46. The number of nitrogens with zero attached hydrogens (tertiary/aromatic N) is 2. The molecule has 0 aromatic carbocycles. The van der Waals surface area contributed by atoms with Gasteiger partial charge in [-0.1, -0.05) is 0 Å². The second-order valence-corrected chi connectivity index (χ2v) is 4.09. The van der Waals surface area contributed by atoms with Crippen molar-refractivity contribution in [3.05, 3.63) is 17.5 Å². The van der Waals surface area contributed by atoms with E-state index < -0.39 is 5.41 Å². The molecule has 15 heavy (non-hydrogen) atoms. The molecule has 3 N–H and O–H groups in total. The van der Waals surface area contributed by atoms with Crippen LogP contribution in [0.4, 0.5) is 5.82 Å². The van der Waals surface area contributed by atoms with Crippen LogP contribution in [0, 0.1) is 5.41 Å². The number of halogens is 1. The van der Waals surface area contributed by atoms with Crippen molar-refractivity contribution >= 4 is 23.3 Å². The highest BCUT2D eigenvalue weighted by Gasteiger charge is 2.25. The number of amides is 1. The highest BCUT2D eigenvalue weighted by Crippen LogP contribution is 2.16. The molecule has 1 heterocycles. The Morgan fingerprint density at radius 3 is 2.87 bits per heavy atom. The third-order valence-corrected chi connectivity index (χ3v) is 2.17. The molecular weight excluding hydrogens is 216 g/mol. The normalized spacial score (nSPS) is 11.2. The SMILES string of the molecule is CC(C)(CN)C(=O)Nc1ccnc(Cl)n1. The van der Waals surface area contributed by atoms with Crippen LogP contribution in [-0.2, 0) is 4.79 Å². The summed E-state index contributed by atoms with van der Waals surface area (Å²) in [6.07, 6.45) is 1.47. The summed E-state index contributed by atoms with van der Waals surface area (Å²) in [5, 5.41) is 2.72. The molecule has 0 atom stereocenters. The molecule has 82 valence electrons. The average molecular weight is 229 g/mol. The second kappa shape index (κ2) is 4.55. The summed E-state index contributed by atoms with van der Waals surface area (Å²) >= 11 is 5.58. The van der Waals surface area contributed by atoms with Gasteiger partial charge in [0.25, 0.3) is 0 Å². The number of nitrogens with one attached hydrogen (secondary N) is 1. The van der Waals surface area contributed by atoms with Crippen LogP contribution in [-0.4, -0.2) is 22.4 Å². The van der Waals surface area contributed by atoms with Crippen LogP contribution in [0.2, 0.25) is 5.28 Å². The van der Waals surface area contributed by atoms with Gasteiger partial charge in [0, 0.05) is 12.7 Å². The van der Waals surface area contributed by atoms with Gasteiger partial charge in [-0.3, -0.25) is 4.79 Å². The van der Waals surface area contributed by atoms with E-state index in [0.717, 1.165) is 0 Å². The number of carbonyl (C=O) groups is 1. The topological polar surface area (TPSA) is 80.9 Å². The van der Waals surface area contributed by atoms with Crippen molar-refractivity contribution in [2.24, 2.45) is 11.1 Å². The molecule has 5 nitrogen and oxygen atoms in total. The number of rotatable bonds is 3. The smallest absolute Gasteiger partial charge is 0.232 e. The number of carbonyl (C=O) groups excluding carboxylic acids is 1. The number of nitrogens with two attached hydrogens (primary N) is 1. The number of aromatic nitrogens is 2. The van der Waals surface area contributed by atoms with Crippen molar-refractivity contribution < 1.29 is 4.79 Å². The van der Waals surface area contributed by atoms with Gasteiger partial charge in [0.1, 0.15) is 5.82 Å². The van der Waals surface area contributed by atoms with E-state index in [1.165, 1.54) is 6.20 Å². The van der Waals surface area contributed by atoms with Crippen LogP contribution >= 0.6 is 11.6 Å². The molecule has 1 amide bonds.